The summed E-state index contributed by atoms with van der Waals surface area (Å²) >= 11 is 18.9. The van der Waals surface area contributed by atoms with E-state index in [1.54, 1.807) is 12.1 Å². The molecule has 0 atom stereocenters. The first-order valence-corrected chi connectivity index (χ1v) is 10.8. The molecule has 3 amide bonds. The Morgan fingerprint density at radius 1 is 0.765 bits per heavy atom. The van der Waals surface area contributed by atoms with Crippen LogP contribution in [0.1, 0.15) is 10.4 Å². The molecule has 0 radical (unpaired) electrons. The first-order chi connectivity index (χ1) is 16.2. The van der Waals surface area contributed by atoms with Crippen molar-refractivity contribution in [1.82, 2.24) is 5.32 Å². The molecule has 0 aromatic heterocycles. The third-order valence-electron chi connectivity index (χ3n) is 4.72. The standard InChI is InChI=1S/C24H13Cl3F2N2O3/c25-15-8-9-20(14-5-2-1-4-13(14)15)34-22-16(26)10-12(11-17(22)27)30-24(33)31-23(32)21-18(28)6-3-7-19(21)29/h1-11H,(H2,30,31,32,33). The van der Waals surface area contributed by atoms with Crippen molar-refractivity contribution >= 4 is 63.2 Å². The van der Waals surface area contributed by atoms with Crippen LogP contribution in [-0.4, -0.2) is 11.9 Å². The molecule has 0 aliphatic carbocycles. The topological polar surface area (TPSA) is 67.4 Å². The lowest BCUT2D eigenvalue weighted by Crippen LogP contribution is -2.35. The van der Waals surface area contributed by atoms with Crippen LogP contribution in [0, 0.1) is 11.6 Å². The fourth-order valence-electron chi connectivity index (χ4n) is 3.21. The molecule has 4 aromatic carbocycles. The van der Waals surface area contributed by atoms with E-state index in [0.29, 0.717) is 10.8 Å². The molecule has 4 aromatic rings. The van der Waals surface area contributed by atoms with E-state index in [-0.39, 0.29) is 21.5 Å². The van der Waals surface area contributed by atoms with Gasteiger partial charge in [-0.25, -0.2) is 13.6 Å². The van der Waals surface area contributed by atoms with Crippen LogP contribution in [0.2, 0.25) is 15.1 Å². The van der Waals surface area contributed by atoms with Crippen LogP contribution >= 0.6 is 34.8 Å². The maximum atomic E-state index is 13.7. The highest BCUT2D eigenvalue weighted by molar-refractivity contribution is 6.38. The SMILES string of the molecule is O=C(NC(=O)c1c(F)cccc1F)Nc1cc(Cl)c(Oc2ccc(Cl)c3ccccc23)c(Cl)c1. The van der Waals surface area contributed by atoms with Gasteiger partial charge in [0, 0.05) is 21.5 Å². The molecule has 0 heterocycles. The van der Waals surface area contributed by atoms with Crippen LogP contribution < -0.4 is 15.4 Å². The first-order valence-electron chi connectivity index (χ1n) is 9.65. The Kier molecular flexibility index (Phi) is 6.88. The van der Waals surface area contributed by atoms with Crippen molar-refractivity contribution in [2.24, 2.45) is 0 Å². The molecule has 0 fully saturated rings. The predicted molar refractivity (Wildman–Crippen MR) is 128 cm³/mol. The van der Waals surface area contributed by atoms with Crippen LogP contribution in [0.3, 0.4) is 0 Å². The fourth-order valence-corrected chi connectivity index (χ4v) is 4.00. The number of carbonyl (C=O) groups excluding carboxylic acids is 2. The van der Waals surface area contributed by atoms with E-state index in [4.69, 9.17) is 39.5 Å². The van der Waals surface area contributed by atoms with Gasteiger partial charge in [0.2, 0.25) is 0 Å². The van der Waals surface area contributed by atoms with E-state index in [1.807, 2.05) is 29.6 Å². The Bertz CT molecular complexity index is 1400. The average Bonchev–Trinajstić information content (AvgIpc) is 2.77. The molecule has 0 spiro atoms. The van der Waals surface area contributed by atoms with Crippen molar-refractivity contribution in [3.8, 4) is 11.5 Å². The molecular weight excluding hydrogens is 509 g/mol. The number of urea groups is 1. The molecule has 0 aliphatic rings. The zero-order valence-corrected chi connectivity index (χ0v) is 19.2. The number of anilines is 1. The van der Waals surface area contributed by atoms with Crippen molar-refractivity contribution in [1.29, 1.82) is 0 Å². The Balaban J connectivity index is 1.53. The van der Waals surface area contributed by atoms with Crippen LogP contribution in [-0.2, 0) is 0 Å². The summed E-state index contributed by atoms with van der Waals surface area (Å²) in [7, 11) is 0. The molecule has 0 aliphatic heterocycles. The maximum absolute atomic E-state index is 13.7. The molecule has 0 saturated carbocycles. The van der Waals surface area contributed by atoms with E-state index >= 15 is 0 Å². The Morgan fingerprint density at radius 2 is 1.38 bits per heavy atom. The highest BCUT2D eigenvalue weighted by atomic mass is 35.5. The second-order valence-electron chi connectivity index (χ2n) is 6.97. The van der Waals surface area contributed by atoms with Crippen molar-refractivity contribution in [2.45, 2.75) is 0 Å². The summed E-state index contributed by atoms with van der Waals surface area (Å²) in [6.07, 6.45) is 0. The molecule has 2 N–H and O–H groups in total. The number of rotatable bonds is 4. The molecule has 4 rings (SSSR count). The summed E-state index contributed by atoms with van der Waals surface area (Å²) in [5, 5.41) is 6.37. The molecule has 10 heteroatoms. The monoisotopic (exact) mass is 520 g/mol. The average molecular weight is 522 g/mol. The number of ether oxygens (including phenoxy) is 1. The molecule has 172 valence electrons. The van der Waals surface area contributed by atoms with Gasteiger partial charge in [-0.1, -0.05) is 65.1 Å². The zero-order chi connectivity index (χ0) is 24.4. The summed E-state index contributed by atoms with van der Waals surface area (Å²) in [5.74, 6) is -2.87. The summed E-state index contributed by atoms with van der Waals surface area (Å²) in [6.45, 7) is 0. The number of halogens is 5. The van der Waals surface area contributed by atoms with Crippen LogP contribution in [0.25, 0.3) is 10.8 Å². The van der Waals surface area contributed by atoms with Crippen molar-refractivity contribution in [3.05, 3.63) is 99.0 Å². The van der Waals surface area contributed by atoms with Gasteiger partial charge in [-0.3, -0.25) is 10.1 Å². The van der Waals surface area contributed by atoms with Crippen molar-refractivity contribution < 1.29 is 23.1 Å². The van der Waals surface area contributed by atoms with Crippen LogP contribution in [0.4, 0.5) is 19.3 Å². The van der Waals surface area contributed by atoms with Gasteiger partial charge in [-0.2, -0.15) is 0 Å². The van der Waals surface area contributed by atoms with E-state index in [1.165, 1.54) is 12.1 Å². The highest BCUT2D eigenvalue weighted by Gasteiger charge is 2.20. The van der Waals surface area contributed by atoms with E-state index in [9.17, 15) is 18.4 Å². The second-order valence-corrected chi connectivity index (χ2v) is 8.19. The number of hydrogen-bond acceptors (Lipinski definition) is 3. The van der Waals surface area contributed by atoms with Gasteiger partial charge < -0.3 is 10.1 Å². The van der Waals surface area contributed by atoms with E-state index in [0.717, 1.165) is 29.0 Å². The van der Waals surface area contributed by atoms with Gasteiger partial charge >= 0.3 is 6.03 Å². The number of carbonyl (C=O) groups is 2. The van der Waals surface area contributed by atoms with Crippen LogP contribution in [0.15, 0.2) is 66.7 Å². The third-order valence-corrected chi connectivity index (χ3v) is 5.61. The number of benzene rings is 4. The Hall–Kier alpha value is -3.39. The number of hydrogen-bond donors (Lipinski definition) is 2. The number of fused-ring (bicyclic) bond motifs is 1. The lowest BCUT2D eigenvalue weighted by atomic mass is 10.1. The van der Waals surface area contributed by atoms with Crippen molar-refractivity contribution in [2.75, 3.05) is 5.32 Å². The number of nitrogens with one attached hydrogen (secondary N) is 2. The fraction of sp³-hybridized carbons (Fsp3) is 0. The molecule has 34 heavy (non-hydrogen) atoms. The molecular formula is C24H13Cl3F2N2O3. The largest absolute Gasteiger partial charge is 0.454 e. The van der Waals surface area contributed by atoms with Crippen LogP contribution in [0.5, 0.6) is 11.5 Å². The van der Waals surface area contributed by atoms with Gasteiger partial charge in [0.1, 0.15) is 22.9 Å². The molecule has 5 nitrogen and oxygen atoms in total. The Morgan fingerprint density at radius 3 is 2.03 bits per heavy atom. The molecule has 0 saturated heterocycles. The number of imide groups is 1. The van der Waals surface area contributed by atoms with Gasteiger partial charge in [0.15, 0.2) is 5.75 Å². The van der Waals surface area contributed by atoms with Gasteiger partial charge in [0.25, 0.3) is 5.91 Å². The summed E-state index contributed by atoms with van der Waals surface area (Å²) < 4.78 is 33.4. The summed E-state index contributed by atoms with van der Waals surface area (Å²) in [4.78, 5) is 24.3. The number of amides is 3. The first kappa shape index (κ1) is 23.8. The molecule has 0 bridgehead atoms. The van der Waals surface area contributed by atoms with E-state index in [2.05, 4.69) is 5.32 Å². The zero-order valence-electron chi connectivity index (χ0n) is 17.0. The Labute approximate surface area is 207 Å². The smallest absolute Gasteiger partial charge is 0.326 e. The predicted octanol–water partition coefficient (Wildman–Crippen LogP) is 7.83. The summed E-state index contributed by atoms with van der Waals surface area (Å²) in [5.41, 5.74) is -0.768. The lowest BCUT2D eigenvalue weighted by Gasteiger charge is -2.14. The quantitative estimate of drug-likeness (QED) is 0.287. The van der Waals surface area contributed by atoms with Gasteiger partial charge in [-0.15, -0.1) is 0 Å². The minimum atomic E-state index is -1.25. The highest BCUT2D eigenvalue weighted by Crippen LogP contribution is 2.41. The van der Waals surface area contributed by atoms with E-state index < -0.39 is 29.1 Å². The molecule has 0 unspecified atom stereocenters. The minimum Gasteiger partial charge on any atom is -0.454 e. The maximum Gasteiger partial charge on any atom is 0.326 e. The third kappa shape index (κ3) is 4.92. The lowest BCUT2D eigenvalue weighted by molar-refractivity contribution is 0.0959. The minimum absolute atomic E-state index is 0.0632. The van der Waals surface area contributed by atoms with Crippen molar-refractivity contribution in [3.63, 3.8) is 0 Å². The van der Waals surface area contributed by atoms with Gasteiger partial charge in [-0.05, 0) is 36.4 Å². The summed E-state index contributed by atoms with van der Waals surface area (Å²) in [6, 6.07) is 15.2. The normalized spacial score (nSPS) is 10.7. The second kappa shape index (κ2) is 9.85. The van der Waals surface area contributed by atoms with Gasteiger partial charge in [0.05, 0.1) is 10.0 Å².